The van der Waals surface area contributed by atoms with Gasteiger partial charge in [-0.15, -0.1) is 5.10 Å². The maximum atomic E-state index is 12.9. The van der Waals surface area contributed by atoms with Gasteiger partial charge in [-0.2, -0.15) is 4.98 Å². The van der Waals surface area contributed by atoms with Gasteiger partial charge < -0.3 is 32.9 Å². The first kappa shape index (κ1) is 33.4. The van der Waals surface area contributed by atoms with Gasteiger partial charge in [0, 0.05) is 17.7 Å². The first-order valence-corrected chi connectivity index (χ1v) is 14.7. The van der Waals surface area contributed by atoms with Crippen molar-refractivity contribution in [3.05, 3.63) is 93.0 Å². The summed E-state index contributed by atoms with van der Waals surface area (Å²) in [5.74, 6) is 3.42. The Hall–Kier alpha value is -5.47. The Bertz CT molecular complexity index is 1800. The number of hydrazone groups is 1. The molecule has 0 bridgehead atoms. The van der Waals surface area contributed by atoms with E-state index in [0.29, 0.717) is 51.9 Å². The summed E-state index contributed by atoms with van der Waals surface area (Å²) < 4.78 is 0. The van der Waals surface area contributed by atoms with E-state index in [1.165, 1.54) is 0 Å². The molecule has 14 nitrogen and oxygen atoms in total. The number of amides is 2. The highest BCUT2D eigenvalue weighted by Crippen LogP contribution is 2.31. The first-order chi connectivity index (χ1) is 22.0. The molecular weight excluding hydrogens is 612 g/mol. The van der Waals surface area contributed by atoms with Crippen LogP contribution in [0.1, 0.15) is 55.8 Å². The number of carboxylic acids is 1. The molecule has 0 aliphatic rings. The Morgan fingerprint density at radius 3 is 2.41 bits per heavy atom. The summed E-state index contributed by atoms with van der Waals surface area (Å²) in [6, 6.07) is 14.4. The lowest BCUT2D eigenvalue weighted by Gasteiger charge is -2.15. The van der Waals surface area contributed by atoms with Crippen LogP contribution in [0.4, 0.5) is 11.8 Å². The van der Waals surface area contributed by atoms with Gasteiger partial charge in [0.1, 0.15) is 11.9 Å². The predicted molar refractivity (Wildman–Crippen MR) is 177 cm³/mol. The third-order valence-corrected chi connectivity index (χ3v) is 7.70. The van der Waals surface area contributed by atoms with Gasteiger partial charge in [0.2, 0.25) is 5.95 Å². The molecule has 4 aromatic rings. The highest BCUT2D eigenvalue weighted by atomic mass is 35.5. The number of rotatable bonds is 13. The molecule has 12 N–H and O–H groups in total. The molecule has 0 saturated heterocycles. The van der Waals surface area contributed by atoms with Crippen molar-refractivity contribution in [1.29, 1.82) is 0 Å². The number of benzene rings is 3. The summed E-state index contributed by atoms with van der Waals surface area (Å²) in [5.41, 5.74) is 24.0. The van der Waals surface area contributed by atoms with Gasteiger partial charge in [-0.05, 0) is 74.1 Å². The lowest BCUT2D eigenvalue weighted by atomic mass is 10.0. The van der Waals surface area contributed by atoms with Gasteiger partial charge in [0.05, 0.1) is 21.5 Å². The number of fused-ring (bicyclic) bond motifs is 1. The molecular formula is C31H35ClN10O4. The van der Waals surface area contributed by atoms with Crippen molar-refractivity contribution in [2.45, 2.75) is 38.6 Å². The van der Waals surface area contributed by atoms with Crippen LogP contribution < -0.4 is 39.2 Å². The van der Waals surface area contributed by atoms with E-state index in [9.17, 15) is 19.5 Å². The molecule has 2 amide bonds. The van der Waals surface area contributed by atoms with Crippen LogP contribution in [0, 0.1) is 6.92 Å². The molecule has 240 valence electrons. The van der Waals surface area contributed by atoms with Crippen molar-refractivity contribution >= 4 is 57.9 Å². The fourth-order valence-electron chi connectivity index (χ4n) is 4.87. The van der Waals surface area contributed by atoms with Crippen LogP contribution in [0.25, 0.3) is 10.9 Å². The zero-order chi connectivity index (χ0) is 33.4. The molecule has 0 fully saturated rings. The zero-order valence-corrected chi connectivity index (χ0v) is 25.8. The second kappa shape index (κ2) is 15.0. The minimum Gasteiger partial charge on any atom is -0.480 e. The molecule has 0 radical (unpaired) electrons. The number of nitrogen functional groups attached to an aromatic ring is 2. The van der Waals surface area contributed by atoms with Crippen molar-refractivity contribution in [3.63, 3.8) is 0 Å². The molecule has 46 heavy (non-hydrogen) atoms. The number of aromatic nitrogens is 2. The third-order valence-electron chi connectivity index (χ3n) is 7.26. The van der Waals surface area contributed by atoms with Crippen LogP contribution in [-0.4, -0.2) is 51.3 Å². The number of halogens is 1. The van der Waals surface area contributed by atoms with E-state index in [1.54, 1.807) is 48.5 Å². The number of aryl methyl sites for hydroxylation is 3. The minimum absolute atomic E-state index is 0.0415. The lowest BCUT2D eigenvalue weighted by molar-refractivity contribution is -0.139. The van der Waals surface area contributed by atoms with Gasteiger partial charge in [-0.3, -0.25) is 9.59 Å². The lowest BCUT2D eigenvalue weighted by Crippen LogP contribution is -2.41. The largest absolute Gasteiger partial charge is 0.480 e. The molecule has 3 aromatic carbocycles. The molecule has 4 rings (SSSR count). The molecule has 0 aliphatic carbocycles. The van der Waals surface area contributed by atoms with Crippen LogP contribution in [-0.2, 0) is 17.6 Å². The highest BCUT2D eigenvalue weighted by molar-refractivity contribution is 6.37. The molecule has 0 spiro atoms. The predicted octanol–water partition coefficient (Wildman–Crippen LogP) is 2.02. The van der Waals surface area contributed by atoms with E-state index < -0.39 is 23.8 Å². The van der Waals surface area contributed by atoms with Gasteiger partial charge in [-0.1, -0.05) is 41.4 Å². The summed E-state index contributed by atoms with van der Waals surface area (Å²) >= 11 is 6.59. The number of carboxylic acid groups (broad SMARTS) is 1. The van der Waals surface area contributed by atoms with Crippen molar-refractivity contribution in [2.24, 2.45) is 16.7 Å². The topological polar surface area (TPSA) is 250 Å². The van der Waals surface area contributed by atoms with Gasteiger partial charge >= 0.3 is 5.97 Å². The van der Waals surface area contributed by atoms with E-state index >= 15 is 0 Å². The molecule has 1 atom stereocenters. The summed E-state index contributed by atoms with van der Waals surface area (Å²) in [4.78, 5) is 45.7. The second-order valence-electron chi connectivity index (χ2n) is 10.5. The Kier molecular flexibility index (Phi) is 10.9. The van der Waals surface area contributed by atoms with Crippen molar-refractivity contribution in [1.82, 2.24) is 26.1 Å². The number of aliphatic carboxylic acids is 1. The number of nitrogens with two attached hydrogens (primary N) is 4. The zero-order valence-electron chi connectivity index (χ0n) is 25.0. The summed E-state index contributed by atoms with van der Waals surface area (Å²) in [6.45, 7) is 2.01. The van der Waals surface area contributed by atoms with Gasteiger partial charge in [0.15, 0.2) is 5.84 Å². The Labute approximate surface area is 269 Å². The molecule has 1 unspecified atom stereocenters. The van der Waals surface area contributed by atoms with Gasteiger partial charge in [-0.25, -0.2) is 21.2 Å². The second-order valence-corrected chi connectivity index (χ2v) is 10.9. The highest BCUT2D eigenvalue weighted by Gasteiger charge is 2.21. The van der Waals surface area contributed by atoms with E-state index in [-0.39, 0.29) is 30.6 Å². The molecule has 1 heterocycles. The van der Waals surface area contributed by atoms with Crippen molar-refractivity contribution < 1.29 is 19.5 Å². The van der Waals surface area contributed by atoms with Crippen LogP contribution in [0.5, 0.6) is 0 Å². The minimum atomic E-state index is -1.18. The van der Waals surface area contributed by atoms with Crippen LogP contribution >= 0.6 is 11.6 Å². The molecule has 15 heteroatoms. The van der Waals surface area contributed by atoms with Crippen LogP contribution in [0.3, 0.4) is 0 Å². The Morgan fingerprint density at radius 1 is 0.978 bits per heavy atom. The fraction of sp³-hybridized carbons (Fsp3) is 0.226. The average Bonchev–Trinajstić information content (AvgIpc) is 3.01. The monoisotopic (exact) mass is 646 g/mol. The molecule has 0 aliphatic heterocycles. The van der Waals surface area contributed by atoms with E-state index in [2.05, 4.69) is 31.2 Å². The van der Waals surface area contributed by atoms with Crippen molar-refractivity contribution in [2.75, 3.05) is 18.0 Å². The molecule has 0 saturated carbocycles. The summed E-state index contributed by atoms with van der Waals surface area (Å²) in [6.07, 6.45) is 1.60. The number of hydrogen-bond donors (Lipinski definition) is 8. The number of hydrazine groups is 1. The Morgan fingerprint density at radius 2 is 1.72 bits per heavy atom. The quantitative estimate of drug-likeness (QED) is 0.0343. The van der Waals surface area contributed by atoms with Crippen LogP contribution in [0.2, 0.25) is 5.02 Å². The number of anilines is 2. The van der Waals surface area contributed by atoms with E-state index in [0.717, 1.165) is 16.7 Å². The fourth-order valence-corrected chi connectivity index (χ4v) is 5.22. The maximum absolute atomic E-state index is 12.9. The number of nitrogens with one attached hydrogen (secondary N) is 3. The SMILES string of the molecule is Cc1ccc(C(=O)NCCCC(NC(=O)c2ccc(CCc3ccc4nc(N)nc(N)c4c3Cl)cc2)C(=O)O)c(/C(N)=N/NN)c1. The van der Waals surface area contributed by atoms with E-state index in [1.807, 2.05) is 13.0 Å². The average molecular weight is 647 g/mol. The van der Waals surface area contributed by atoms with Gasteiger partial charge in [0.25, 0.3) is 11.8 Å². The number of hydrogen-bond acceptors (Lipinski definition) is 10. The van der Waals surface area contributed by atoms with Crippen molar-refractivity contribution in [3.8, 4) is 0 Å². The number of carbonyl (C=O) groups is 3. The summed E-state index contributed by atoms with van der Waals surface area (Å²) in [7, 11) is 0. The smallest absolute Gasteiger partial charge is 0.326 e. The standard InChI is InChI=1S/C31H35ClN10O4/c1-16-4-12-20(21(15-16)26(33)41-42-36)29(44)37-14-2-3-23(30(45)46)38-28(43)19-9-6-17(7-10-19)5-8-18-11-13-22-24(25(18)32)27(34)40-31(35)39-22/h4,6-7,9-13,15,23,42H,2-3,5,8,14,36H2,1H3,(H2,33,41)(H,37,44)(H,38,43)(H,45,46)(H4,34,35,39,40). The normalized spacial score (nSPS) is 12.0. The maximum Gasteiger partial charge on any atom is 0.326 e. The van der Waals surface area contributed by atoms with Crippen LogP contribution in [0.15, 0.2) is 59.7 Å². The number of carbonyl (C=O) groups excluding carboxylic acids is 2. The van der Waals surface area contributed by atoms with E-state index in [4.69, 9.17) is 34.6 Å². The summed E-state index contributed by atoms with van der Waals surface area (Å²) in [5, 5.41) is 19.7. The Balaban J connectivity index is 1.30. The third kappa shape index (κ3) is 8.16. The number of amidine groups is 1. The number of nitrogens with zero attached hydrogens (tertiary/aromatic N) is 3. The first-order valence-electron chi connectivity index (χ1n) is 14.3. The molecule has 1 aromatic heterocycles.